The van der Waals surface area contributed by atoms with Crippen LogP contribution in [-0.2, 0) is 23.4 Å². The molecule has 1 aliphatic rings. The van der Waals surface area contributed by atoms with Crippen LogP contribution in [0.1, 0.15) is 47.3 Å². The van der Waals surface area contributed by atoms with Crippen molar-refractivity contribution in [2.24, 2.45) is 11.1 Å². The minimum atomic E-state index is -4.24. The molecule has 6 atom stereocenters. The molecule has 216 valence electrons. The molecule has 1 fully saturated rings. The van der Waals surface area contributed by atoms with Crippen LogP contribution in [0.25, 0.3) is 0 Å². The third kappa shape index (κ3) is 8.10. The molecule has 1 aromatic heterocycles. The van der Waals surface area contributed by atoms with Gasteiger partial charge in [-0.2, -0.15) is 5.09 Å². The van der Waals surface area contributed by atoms with Crippen molar-refractivity contribution in [3.63, 3.8) is 0 Å². The lowest BCUT2D eigenvalue weighted by molar-refractivity contribution is -0.146. The van der Waals surface area contributed by atoms with E-state index in [0.29, 0.717) is 6.42 Å². The van der Waals surface area contributed by atoms with Crippen LogP contribution in [0.5, 0.6) is 5.75 Å². The number of esters is 1. The number of hydrogen-bond donors (Lipinski definition) is 4. The van der Waals surface area contributed by atoms with Crippen LogP contribution in [0, 0.1) is 5.41 Å². The second kappa shape index (κ2) is 12.2. The van der Waals surface area contributed by atoms with Crippen molar-refractivity contribution in [3.05, 3.63) is 63.4 Å². The molecule has 0 bridgehead atoms. The summed E-state index contributed by atoms with van der Waals surface area (Å²) in [7, 11) is -4.24. The molecule has 39 heavy (non-hydrogen) atoms. The van der Waals surface area contributed by atoms with Crippen molar-refractivity contribution in [3.8, 4) is 5.75 Å². The van der Waals surface area contributed by atoms with Crippen LogP contribution in [0.15, 0.2) is 52.2 Å². The number of aromatic nitrogens is 2. The van der Waals surface area contributed by atoms with Crippen molar-refractivity contribution in [2.45, 2.75) is 71.1 Å². The lowest BCUT2D eigenvalue weighted by Gasteiger charge is -2.28. The van der Waals surface area contributed by atoms with Gasteiger partial charge < -0.3 is 24.8 Å². The highest BCUT2D eigenvalue weighted by Crippen LogP contribution is 2.46. The van der Waals surface area contributed by atoms with Crippen molar-refractivity contribution in [1.29, 1.82) is 0 Å². The number of nitrogens with one attached hydrogen (secondary N) is 2. The molecule has 2 unspecified atom stereocenters. The van der Waals surface area contributed by atoms with Gasteiger partial charge in [0.25, 0.3) is 5.56 Å². The molecule has 2 heterocycles. The molecule has 13 nitrogen and oxygen atoms in total. The number of nitrogens with zero attached hydrogens (tertiary/aromatic N) is 1. The highest BCUT2D eigenvalue weighted by Gasteiger charge is 2.52. The summed E-state index contributed by atoms with van der Waals surface area (Å²) in [6.07, 6.45) is -1.86. The van der Waals surface area contributed by atoms with E-state index >= 15 is 0 Å². The molecule has 0 amide bonds. The van der Waals surface area contributed by atoms with Gasteiger partial charge in [0.2, 0.25) is 0 Å². The number of para-hydroxylation sites is 1. The molecule has 0 aliphatic carbocycles. The Balaban J connectivity index is 1.75. The minimum absolute atomic E-state index is 0.0383. The Morgan fingerprint density at radius 1 is 1.28 bits per heavy atom. The van der Waals surface area contributed by atoms with Crippen molar-refractivity contribution in [2.75, 3.05) is 13.2 Å². The molecular weight excluding hydrogens is 531 g/mol. The summed E-state index contributed by atoms with van der Waals surface area (Å²) in [5, 5.41) is 13.5. The number of nitrogens with two attached hydrogens (primary N) is 1. The van der Waals surface area contributed by atoms with E-state index in [4.69, 9.17) is 24.3 Å². The fraction of sp³-hybridized carbons (Fsp3) is 0.560. The van der Waals surface area contributed by atoms with Gasteiger partial charge in [-0.15, -0.1) is 0 Å². The van der Waals surface area contributed by atoms with Crippen LogP contribution in [0.3, 0.4) is 0 Å². The zero-order chi connectivity index (χ0) is 29.0. The largest absolute Gasteiger partial charge is 0.465 e. The van der Waals surface area contributed by atoms with E-state index in [9.17, 15) is 24.1 Å². The molecule has 1 aliphatic heterocycles. The van der Waals surface area contributed by atoms with Gasteiger partial charge in [-0.05, 0) is 37.8 Å². The lowest BCUT2D eigenvalue weighted by Crippen LogP contribution is -2.53. The van der Waals surface area contributed by atoms with Crippen LogP contribution in [0.2, 0.25) is 0 Å². The number of ether oxygens (including phenoxy) is 2. The highest BCUT2D eigenvalue weighted by molar-refractivity contribution is 7.52. The first-order chi connectivity index (χ1) is 18.1. The van der Waals surface area contributed by atoms with Crippen LogP contribution in [0.4, 0.5) is 0 Å². The molecule has 14 heteroatoms. The van der Waals surface area contributed by atoms with E-state index in [1.54, 1.807) is 30.3 Å². The average Bonchev–Trinajstić information content (AvgIpc) is 3.06. The number of aliphatic hydroxyl groups excluding tert-OH is 1. The second-order valence-electron chi connectivity index (χ2n) is 10.9. The van der Waals surface area contributed by atoms with Crippen LogP contribution in [-0.4, -0.2) is 57.6 Å². The number of aromatic amines is 1. The summed E-state index contributed by atoms with van der Waals surface area (Å²) in [5.41, 5.74) is 3.38. The monoisotopic (exact) mass is 568 g/mol. The lowest BCUT2D eigenvalue weighted by atomic mass is 9.93. The summed E-state index contributed by atoms with van der Waals surface area (Å²) in [5.74, 6) is -0.445. The smallest absolute Gasteiger partial charge is 0.459 e. The van der Waals surface area contributed by atoms with Gasteiger partial charge in [-0.3, -0.25) is 23.7 Å². The van der Waals surface area contributed by atoms with Crippen molar-refractivity contribution in [1.82, 2.24) is 14.6 Å². The summed E-state index contributed by atoms with van der Waals surface area (Å²) in [4.78, 5) is 38.4. The van der Waals surface area contributed by atoms with Gasteiger partial charge >= 0.3 is 19.4 Å². The van der Waals surface area contributed by atoms with E-state index in [-0.39, 0.29) is 17.8 Å². The second-order valence-corrected chi connectivity index (χ2v) is 12.6. The predicted molar refractivity (Wildman–Crippen MR) is 142 cm³/mol. The van der Waals surface area contributed by atoms with Crippen LogP contribution < -0.4 is 26.6 Å². The summed E-state index contributed by atoms with van der Waals surface area (Å²) in [6, 6.07) is 8.23. The number of carbonyl (C=O) groups excluding carboxylic acids is 1. The number of rotatable bonds is 11. The summed E-state index contributed by atoms with van der Waals surface area (Å²) >= 11 is 0. The number of H-pyrrole nitrogens is 1. The quantitative estimate of drug-likeness (QED) is 0.228. The molecule has 2 aromatic rings. The maximum absolute atomic E-state index is 13.8. The Bertz CT molecular complexity index is 1290. The first-order valence-electron chi connectivity index (χ1n) is 12.5. The fourth-order valence-corrected chi connectivity index (χ4v) is 5.30. The Morgan fingerprint density at radius 2 is 1.95 bits per heavy atom. The maximum atomic E-state index is 13.8. The van der Waals surface area contributed by atoms with E-state index in [1.165, 1.54) is 20.0 Å². The molecule has 5 N–H and O–H groups in total. The zero-order valence-electron chi connectivity index (χ0n) is 22.7. The Kier molecular flexibility index (Phi) is 9.58. The average molecular weight is 569 g/mol. The Hall–Kier alpha value is -2.80. The van der Waals surface area contributed by atoms with Gasteiger partial charge in [0, 0.05) is 12.3 Å². The van der Waals surface area contributed by atoms with E-state index in [2.05, 4.69) is 10.1 Å². The topological polar surface area (TPSA) is 184 Å². The number of benzene rings is 1. The van der Waals surface area contributed by atoms with Gasteiger partial charge in [-0.1, -0.05) is 39.0 Å². The van der Waals surface area contributed by atoms with E-state index in [1.807, 2.05) is 20.8 Å². The zero-order valence-corrected chi connectivity index (χ0v) is 23.6. The SMILES string of the molecule is CC(NP(=O)(OC[C@H]1O[C@@H](n2ccc(=O)[nH]c2=O)[C@](C)(N)[C@@H]1O)Oc1ccccc1)C(=O)OCCC(C)(C)C. The normalized spacial score (nSPS) is 25.6. The van der Waals surface area contributed by atoms with Gasteiger partial charge in [-0.25, -0.2) is 9.36 Å². The van der Waals surface area contributed by atoms with Gasteiger partial charge in [0.05, 0.1) is 18.8 Å². The molecular formula is C25H37N4O9P. The number of aliphatic hydroxyl groups is 1. The fourth-order valence-electron chi connectivity index (χ4n) is 3.80. The van der Waals surface area contributed by atoms with Gasteiger partial charge in [0.15, 0.2) is 6.23 Å². The highest BCUT2D eigenvalue weighted by atomic mass is 31.2. The Morgan fingerprint density at radius 3 is 2.56 bits per heavy atom. The molecule has 0 radical (unpaired) electrons. The summed E-state index contributed by atoms with van der Waals surface area (Å²) in [6.45, 7) is 8.67. The molecule has 0 saturated carbocycles. The van der Waals surface area contributed by atoms with Crippen molar-refractivity contribution >= 4 is 13.7 Å². The predicted octanol–water partition coefficient (Wildman–Crippen LogP) is 1.67. The van der Waals surface area contributed by atoms with Crippen molar-refractivity contribution < 1.29 is 33.0 Å². The third-order valence-corrected chi connectivity index (χ3v) is 7.75. The maximum Gasteiger partial charge on any atom is 0.459 e. The summed E-state index contributed by atoms with van der Waals surface area (Å²) < 4.78 is 37.2. The molecule has 3 rings (SSSR count). The van der Waals surface area contributed by atoms with E-state index < -0.39 is 61.6 Å². The first kappa shape index (κ1) is 30.7. The molecule has 1 aromatic carbocycles. The number of carbonyl (C=O) groups is 1. The minimum Gasteiger partial charge on any atom is -0.465 e. The van der Waals surface area contributed by atoms with E-state index in [0.717, 1.165) is 10.6 Å². The standard InChI is InChI=1S/C25H37N4O9P/c1-16(21(32)35-14-12-24(2,3)4)28-39(34,38-17-9-7-6-8-10-17)36-15-18-20(31)25(5,26)22(37-18)29-13-11-19(30)27-23(29)33/h6-11,13,16,18,20,22,31H,12,14-15,26H2,1-5H3,(H,28,34)(H,27,30,33)/t16?,18-,20-,22-,25-,39?/m1/s1. The van der Waals surface area contributed by atoms with Crippen LogP contribution >= 0.6 is 7.75 Å². The Labute approximate surface area is 226 Å². The molecule has 0 spiro atoms. The number of hydrogen-bond acceptors (Lipinski definition) is 10. The molecule has 1 saturated heterocycles. The third-order valence-electron chi connectivity index (χ3n) is 6.11. The first-order valence-corrected chi connectivity index (χ1v) is 14.0. The van der Waals surface area contributed by atoms with Gasteiger partial charge in [0.1, 0.15) is 24.0 Å².